The molecule has 32 heavy (non-hydrogen) atoms. The van der Waals surface area contributed by atoms with Gasteiger partial charge in [-0.25, -0.2) is 4.79 Å². The maximum atomic E-state index is 12.8. The molecule has 0 aromatic carbocycles. The maximum Gasteiger partial charge on any atom is 0.360 e. The molecule has 0 amide bonds. The first kappa shape index (κ1) is 28.4. The van der Waals surface area contributed by atoms with Crippen molar-refractivity contribution >= 4 is 22.6 Å². The molecule has 184 valence electrons. The quantitative estimate of drug-likeness (QED) is 0.329. The van der Waals surface area contributed by atoms with E-state index >= 15 is 0 Å². The van der Waals surface area contributed by atoms with Crippen molar-refractivity contribution in [2.75, 3.05) is 26.7 Å². The van der Waals surface area contributed by atoms with E-state index in [4.69, 9.17) is 24.2 Å². The Balaban J connectivity index is 3.66. The van der Waals surface area contributed by atoms with Crippen LogP contribution in [0.5, 0.6) is 5.75 Å². The molecule has 10 heteroatoms. The van der Waals surface area contributed by atoms with Gasteiger partial charge in [-0.1, -0.05) is 41.5 Å². The Hall–Kier alpha value is -1.63. The third-order valence-corrected chi connectivity index (χ3v) is 15.8. The van der Waals surface area contributed by atoms with Gasteiger partial charge in [0.15, 0.2) is 28.1 Å². The van der Waals surface area contributed by atoms with E-state index in [0.717, 1.165) is 4.68 Å². The number of nitrogens with zero attached hydrogens (tertiary/aromatic N) is 1. The third-order valence-electron chi connectivity index (χ3n) is 6.79. The summed E-state index contributed by atoms with van der Waals surface area (Å²) < 4.78 is 24.3. The molecule has 0 bridgehead atoms. The van der Waals surface area contributed by atoms with E-state index in [1.165, 1.54) is 20.3 Å². The second kappa shape index (κ2) is 9.70. The number of nitrogen functional groups attached to an aromatic ring is 1. The molecule has 0 fully saturated rings. The molecule has 1 aromatic rings. The molecule has 1 unspecified atom stereocenters. The number of carbonyl (C=O) groups excluding carboxylic acids is 1. The van der Waals surface area contributed by atoms with Crippen molar-refractivity contribution in [3.8, 4) is 5.75 Å². The zero-order valence-electron chi connectivity index (χ0n) is 21.8. The molecule has 1 aromatic heterocycles. The van der Waals surface area contributed by atoms with E-state index in [1.54, 1.807) is 0 Å². The van der Waals surface area contributed by atoms with Crippen LogP contribution in [0.25, 0.3) is 0 Å². The van der Waals surface area contributed by atoms with Gasteiger partial charge in [0.25, 0.3) is 0 Å². The van der Waals surface area contributed by atoms with Crippen LogP contribution in [0.15, 0.2) is 10.9 Å². The number of hydrogen-bond donors (Lipinski definition) is 1. The highest BCUT2D eigenvalue weighted by Gasteiger charge is 2.42. The van der Waals surface area contributed by atoms with Gasteiger partial charge in [0.05, 0.1) is 26.5 Å². The number of nitrogens with two attached hydrogens (primary N) is 1. The lowest BCUT2D eigenvalue weighted by molar-refractivity contribution is 0.0580. The number of rotatable bonds is 8. The Morgan fingerprint density at radius 1 is 1.03 bits per heavy atom. The Morgan fingerprint density at radius 3 is 1.94 bits per heavy atom. The van der Waals surface area contributed by atoms with Crippen molar-refractivity contribution in [3.05, 3.63) is 27.7 Å². The van der Waals surface area contributed by atoms with Gasteiger partial charge in [0.1, 0.15) is 6.10 Å². The molecule has 0 aliphatic heterocycles. The Kier molecular flexibility index (Phi) is 8.61. The fourth-order valence-electron chi connectivity index (χ4n) is 2.57. The average molecular weight is 487 g/mol. The number of carbonyl (C=O) groups is 1. The van der Waals surface area contributed by atoms with E-state index in [9.17, 15) is 9.59 Å². The van der Waals surface area contributed by atoms with Crippen LogP contribution in [0.3, 0.4) is 0 Å². The summed E-state index contributed by atoms with van der Waals surface area (Å²) in [5.74, 6) is 5.42. The van der Waals surface area contributed by atoms with Gasteiger partial charge in [0, 0.05) is 6.07 Å². The first-order valence-electron chi connectivity index (χ1n) is 10.8. The Bertz CT molecular complexity index is 882. The van der Waals surface area contributed by atoms with Crippen LogP contribution in [-0.2, 0) is 13.6 Å². The Morgan fingerprint density at radius 2 is 1.53 bits per heavy atom. The van der Waals surface area contributed by atoms with Gasteiger partial charge in [-0.3, -0.25) is 9.47 Å². The summed E-state index contributed by atoms with van der Waals surface area (Å²) in [5.41, 5.74) is -0.283. The van der Waals surface area contributed by atoms with Crippen LogP contribution < -0.4 is 16.0 Å². The van der Waals surface area contributed by atoms with Gasteiger partial charge in [0.2, 0.25) is 5.43 Å². The van der Waals surface area contributed by atoms with E-state index in [2.05, 4.69) is 67.7 Å². The molecule has 1 rings (SSSR count). The molecule has 0 aliphatic rings. The van der Waals surface area contributed by atoms with E-state index in [1.807, 2.05) is 0 Å². The second-order valence-corrected chi connectivity index (χ2v) is 20.7. The first-order chi connectivity index (χ1) is 14.3. The minimum absolute atomic E-state index is 0.00596. The summed E-state index contributed by atoms with van der Waals surface area (Å²) in [6.45, 7) is 21.6. The molecule has 0 radical (unpaired) electrons. The summed E-state index contributed by atoms with van der Waals surface area (Å²) in [6, 6.07) is 1.36. The molecule has 0 saturated carbocycles. The minimum Gasteiger partial charge on any atom is -0.490 e. The predicted octanol–water partition coefficient (Wildman–Crippen LogP) is 4.44. The third kappa shape index (κ3) is 6.03. The van der Waals surface area contributed by atoms with Crippen LogP contribution >= 0.6 is 0 Å². The van der Waals surface area contributed by atoms with E-state index in [-0.39, 0.29) is 28.1 Å². The van der Waals surface area contributed by atoms with Crippen molar-refractivity contribution in [1.29, 1.82) is 0 Å². The SMILES string of the molecule is COC(=O)c1c(OC)c(=O)cc(C(CO[Si](C)(C)C(C)(C)C)O[Si](C)(C)C(C)(C)C)n1N. The van der Waals surface area contributed by atoms with Gasteiger partial charge in [-0.2, -0.15) is 0 Å². The average Bonchev–Trinajstić information content (AvgIpc) is 2.63. The highest BCUT2D eigenvalue weighted by Crippen LogP contribution is 2.41. The standard InChI is InChI=1S/C22H42N2O6Si2/c1-21(2,3)31(9,10)29-14-17(30-32(11,12)22(4,5)6)15-13-16(25)19(27-7)18(24(15)23)20(26)28-8/h13,17H,14,23H2,1-12H3. The van der Waals surface area contributed by atoms with Gasteiger partial charge < -0.3 is 24.2 Å². The highest BCUT2D eigenvalue weighted by molar-refractivity contribution is 6.74. The zero-order chi connectivity index (χ0) is 25.3. The van der Waals surface area contributed by atoms with Crippen LogP contribution in [0.1, 0.15) is 63.8 Å². The summed E-state index contributed by atoms with van der Waals surface area (Å²) in [5, 5.41) is -0.0897. The second-order valence-electron chi connectivity index (χ2n) is 11.1. The molecule has 1 atom stereocenters. The lowest BCUT2D eigenvalue weighted by atomic mass is 10.2. The number of pyridine rings is 1. The molecule has 1 heterocycles. The fraction of sp³-hybridized carbons (Fsp3) is 0.727. The normalized spacial score (nSPS) is 14.2. The predicted molar refractivity (Wildman–Crippen MR) is 133 cm³/mol. The number of methoxy groups -OCH3 is 2. The van der Waals surface area contributed by atoms with Gasteiger partial charge >= 0.3 is 5.97 Å². The molecule has 8 nitrogen and oxygen atoms in total. The van der Waals surface area contributed by atoms with Crippen molar-refractivity contribution in [3.63, 3.8) is 0 Å². The number of ether oxygens (including phenoxy) is 2. The fourth-order valence-corrected chi connectivity index (χ4v) is 4.83. The van der Waals surface area contributed by atoms with Crippen molar-refractivity contribution in [1.82, 2.24) is 4.68 Å². The van der Waals surface area contributed by atoms with Gasteiger partial charge in [-0.05, 0) is 36.3 Å². The molecule has 0 saturated heterocycles. The van der Waals surface area contributed by atoms with Crippen molar-refractivity contribution < 1.29 is 23.1 Å². The lowest BCUT2D eigenvalue weighted by Gasteiger charge is -2.42. The number of aromatic nitrogens is 1. The van der Waals surface area contributed by atoms with E-state index < -0.39 is 34.1 Å². The van der Waals surface area contributed by atoms with Crippen LogP contribution in [-0.4, -0.2) is 48.1 Å². The van der Waals surface area contributed by atoms with Crippen LogP contribution in [0, 0.1) is 0 Å². The number of hydrogen-bond acceptors (Lipinski definition) is 7. The highest BCUT2D eigenvalue weighted by atomic mass is 28.4. The number of esters is 1. The molecular weight excluding hydrogens is 444 g/mol. The Labute approximate surface area is 194 Å². The molecular formula is C22H42N2O6Si2. The molecule has 0 aliphatic carbocycles. The summed E-state index contributed by atoms with van der Waals surface area (Å²) in [6.07, 6.45) is -0.642. The summed E-state index contributed by atoms with van der Waals surface area (Å²) >= 11 is 0. The van der Waals surface area contributed by atoms with Crippen molar-refractivity contribution in [2.24, 2.45) is 0 Å². The minimum atomic E-state index is -2.29. The maximum absolute atomic E-state index is 12.8. The largest absolute Gasteiger partial charge is 0.490 e. The summed E-state index contributed by atoms with van der Waals surface area (Å²) in [7, 11) is -1.88. The summed E-state index contributed by atoms with van der Waals surface area (Å²) in [4.78, 5) is 25.2. The molecule has 0 spiro atoms. The van der Waals surface area contributed by atoms with Crippen molar-refractivity contribution in [2.45, 2.75) is 83.9 Å². The first-order valence-corrected chi connectivity index (χ1v) is 16.6. The lowest BCUT2D eigenvalue weighted by Crippen LogP contribution is -2.46. The van der Waals surface area contributed by atoms with Crippen LogP contribution in [0.4, 0.5) is 0 Å². The van der Waals surface area contributed by atoms with Crippen LogP contribution in [0.2, 0.25) is 36.3 Å². The zero-order valence-corrected chi connectivity index (χ0v) is 23.8. The topological polar surface area (TPSA) is 102 Å². The van der Waals surface area contributed by atoms with E-state index in [0.29, 0.717) is 5.69 Å². The molecule has 2 N–H and O–H groups in total. The smallest absolute Gasteiger partial charge is 0.360 e. The van der Waals surface area contributed by atoms with Gasteiger partial charge in [-0.15, -0.1) is 0 Å². The monoisotopic (exact) mass is 486 g/mol.